The molecule has 0 aromatic rings. The predicted molar refractivity (Wildman–Crippen MR) is 276 cm³/mol. The Kier molecular flexibility index (Phi) is 42.7. The topological polar surface area (TPSA) is 192 Å². The van der Waals surface area contributed by atoms with Crippen molar-refractivity contribution in [3.8, 4) is 0 Å². The third-order valence-electron chi connectivity index (χ3n) is 12.7. The van der Waals surface area contributed by atoms with Gasteiger partial charge in [-0.15, -0.1) is 0 Å². The zero-order valence-electron chi connectivity index (χ0n) is 42.9. The summed E-state index contributed by atoms with van der Waals surface area (Å²) in [5.41, 5.74) is 0. The highest BCUT2D eigenvalue weighted by molar-refractivity contribution is 7.47. The van der Waals surface area contributed by atoms with E-state index in [0.717, 1.165) is 70.6 Å². The van der Waals surface area contributed by atoms with Crippen LogP contribution in [0.25, 0.3) is 0 Å². The summed E-state index contributed by atoms with van der Waals surface area (Å²) in [7, 11) is -5.03. The fourth-order valence-corrected chi connectivity index (χ4v) is 9.27. The van der Waals surface area contributed by atoms with Crippen molar-refractivity contribution < 1.29 is 58.3 Å². The van der Waals surface area contributed by atoms with Gasteiger partial charge in [0.25, 0.3) is 0 Å². The molecule has 68 heavy (non-hydrogen) atoms. The van der Waals surface area contributed by atoms with E-state index in [9.17, 15) is 39.8 Å². The van der Waals surface area contributed by atoms with Crippen LogP contribution < -0.4 is 0 Å². The molecule has 1 fully saturated rings. The monoisotopic (exact) mass is 985 g/mol. The Bertz CT molecular complexity index is 1310. The van der Waals surface area contributed by atoms with Gasteiger partial charge in [0.1, 0.15) is 42.7 Å². The summed E-state index contributed by atoms with van der Waals surface area (Å²) in [6.45, 7) is 4.26. The van der Waals surface area contributed by atoms with E-state index < -0.39 is 63.1 Å². The van der Waals surface area contributed by atoms with Gasteiger partial charge in [-0.1, -0.05) is 197 Å². The van der Waals surface area contributed by atoms with Gasteiger partial charge in [0.2, 0.25) is 0 Å². The van der Waals surface area contributed by atoms with Crippen LogP contribution in [0.15, 0.2) is 48.6 Å². The molecule has 1 saturated carbocycles. The molecular formula is C55H101O12P. The summed E-state index contributed by atoms with van der Waals surface area (Å²) in [4.78, 5) is 23.3. The average Bonchev–Trinajstić information content (AvgIpc) is 3.32. The zero-order valence-corrected chi connectivity index (χ0v) is 43.8. The fourth-order valence-electron chi connectivity index (χ4n) is 8.30. The van der Waals surface area contributed by atoms with Crippen molar-refractivity contribution in [3.63, 3.8) is 0 Å². The molecule has 0 saturated heterocycles. The number of carbonyl (C=O) groups is 1. The van der Waals surface area contributed by atoms with Gasteiger partial charge in [-0.3, -0.25) is 13.8 Å². The summed E-state index contributed by atoms with van der Waals surface area (Å²) in [5, 5.41) is 50.4. The maximum absolute atomic E-state index is 12.9. The molecule has 0 amide bonds. The number of hydrogen-bond donors (Lipinski definition) is 6. The second kappa shape index (κ2) is 45.2. The third-order valence-corrected chi connectivity index (χ3v) is 13.7. The minimum Gasteiger partial charge on any atom is -0.457 e. The lowest BCUT2D eigenvalue weighted by atomic mass is 9.85. The van der Waals surface area contributed by atoms with Gasteiger partial charge in [0.05, 0.1) is 13.2 Å². The maximum Gasteiger partial charge on any atom is 0.472 e. The van der Waals surface area contributed by atoms with E-state index in [1.807, 2.05) is 0 Å². The van der Waals surface area contributed by atoms with Crippen molar-refractivity contribution in [1.29, 1.82) is 0 Å². The number of hydrogen-bond acceptors (Lipinski definition) is 11. The van der Waals surface area contributed by atoms with Crippen molar-refractivity contribution in [2.75, 3.05) is 19.8 Å². The summed E-state index contributed by atoms with van der Waals surface area (Å²) >= 11 is 0. The van der Waals surface area contributed by atoms with Crippen LogP contribution in [0.2, 0.25) is 0 Å². The van der Waals surface area contributed by atoms with Crippen molar-refractivity contribution in [1.82, 2.24) is 0 Å². The number of carbonyl (C=O) groups excluding carboxylic acids is 1. The van der Waals surface area contributed by atoms with Crippen LogP contribution in [0.1, 0.15) is 232 Å². The minimum absolute atomic E-state index is 0.0830. The highest BCUT2D eigenvalue weighted by Gasteiger charge is 2.51. The molecule has 12 nitrogen and oxygen atoms in total. The molecule has 1 rings (SSSR count). The van der Waals surface area contributed by atoms with E-state index in [4.69, 9.17) is 18.5 Å². The third kappa shape index (κ3) is 36.3. The molecule has 13 heteroatoms. The average molecular weight is 985 g/mol. The second-order valence-electron chi connectivity index (χ2n) is 19.1. The van der Waals surface area contributed by atoms with E-state index in [1.54, 1.807) is 0 Å². The van der Waals surface area contributed by atoms with Crippen molar-refractivity contribution in [2.45, 2.75) is 275 Å². The Hall–Kier alpha value is -1.70. The van der Waals surface area contributed by atoms with Crippen LogP contribution in [0.3, 0.4) is 0 Å². The molecule has 398 valence electrons. The molecular weight excluding hydrogens is 884 g/mol. The van der Waals surface area contributed by atoms with E-state index in [1.165, 1.54) is 135 Å². The Morgan fingerprint density at radius 2 is 0.824 bits per heavy atom. The number of aliphatic hydroxyl groups is 5. The minimum atomic E-state index is -5.03. The Morgan fingerprint density at radius 3 is 1.26 bits per heavy atom. The molecule has 6 N–H and O–H groups in total. The maximum atomic E-state index is 12.9. The zero-order chi connectivity index (χ0) is 49.8. The molecule has 0 aromatic carbocycles. The molecule has 1 aliphatic rings. The number of unbranched alkanes of at least 4 members (excludes halogenated alkanes) is 27. The lowest BCUT2D eigenvalue weighted by molar-refractivity contribution is -0.220. The molecule has 0 aliphatic heterocycles. The van der Waals surface area contributed by atoms with Crippen molar-refractivity contribution in [2.24, 2.45) is 0 Å². The Balaban J connectivity index is 2.33. The number of esters is 1. The molecule has 0 radical (unpaired) electrons. The summed E-state index contributed by atoms with van der Waals surface area (Å²) in [6, 6.07) is 0. The molecule has 1 aliphatic carbocycles. The first-order chi connectivity index (χ1) is 33.0. The number of ether oxygens (including phenoxy) is 2. The summed E-state index contributed by atoms with van der Waals surface area (Å²) in [6.07, 6.45) is 44.6. The quantitative estimate of drug-likeness (QED) is 0.0147. The fraction of sp³-hybridized carbons (Fsp3) is 0.836. The molecule has 0 bridgehead atoms. The van der Waals surface area contributed by atoms with Gasteiger partial charge in [-0.2, -0.15) is 0 Å². The second-order valence-corrected chi connectivity index (χ2v) is 20.5. The van der Waals surface area contributed by atoms with E-state index in [0.29, 0.717) is 13.0 Å². The van der Waals surface area contributed by atoms with Gasteiger partial charge in [-0.25, -0.2) is 4.57 Å². The van der Waals surface area contributed by atoms with Crippen LogP contribution in [-0.4, -0.2) is 98.9 Å². The van der Waals surface area contributed by atoms with Crippen LogP contribution >= 0.6 is 7.82 Å². The number of phosphoric acid groups is 1. The first-order valence-corrected chi connectivity index (χ1v) is 29.0. The first-order valence-electron chi connectivity index (χ1n) is 27.5. The summed E-state index contributed by atoms with van der Waals surface area (Å²) in [5.74, 6) is -0.488. The van der Waals surface area contributed by atoms with Gasteiger partial charge in [-0.05, 0) is 77.0 Å². The highest BCUT2D eigenvalue weighted by atomic mass is 31.2. The van der Waals surface area contributed by atoms with Gasteiger partial charge in [0, 0.05) is 13.0 Å². The molecule has 6 unspecified atom stereocenters. The summed E-state index contributed by atoms with van der Waals surface area (Å²) < 4.78 is 34.4. The number of rotatable bonds is 47. The normalized spacial score (nSPS) is 21.5. The number of allylic oxidation sites excluding steroid dienone is 8. The highest BCUT2D eigenvalue weighted by Crippen LogP contribution is 2.47. The van der Waals surface area contributed by atoms with Crippen molar-refractivity contribution in [3.05, 3.63) is 48.6 Å². The molecule has 0 aromatic heterocycles. The van der Waals surface area contributed by atoms with Crippen LogP contribution in [0, 0.1) is 0 Å². The van der Waals surface area contributed by atoms with Crippen LogP contribution in [-0.2, 0) is 27.9 Å². The smallest absolute Gasteiger partial charge is 0.457 e. The lowest BCUT2D eigenvalue weighted by Gasteiger charge is -2.41. The Morgan fingerprint density at radius 1 is 0.471 bits per heavy atom. The molecule has 0 heterocycles. The van der Waals surface area contributed by atoms with Gasteiger partial charge < -0.3 is 39.9 Å². The standard InChI is InChI=1S/C55H101O12P/c1-3-5-7-9-11-13-15-17-19-21-23-25-26-28-30-32-34-36-38-40-42-44-49(56)66-48(47-65-68(62,63)67-55-53(60)51(58)50(57)52(59)54(55)61)46-64-45-43-41-39-37-35-33-31-29-27-24-22-20-18-16-14-12-10-8-6-4-2/h15,17-18,20-21,23,26,28,48,50-55,57-61H,3-14,16,19,22,24-25,27,29-47H2,1-2H3,(H,62,63)/b17-15-,20-18-,23-21-,28-26-. The van der Waals surface area contributed by atoms with Crippen LogP contribution in [0.5, 0.6) is 0 Å². The molecule has 0 spiro atoms. The first kappa shape index (κ1) is 64.3. The number of aliphatic hydroxyl groups excluding tert-OH is 5. The number of phosphoric ester groups is 1. The molecule has 6 atom stereocenters. The van der Waals surface area contributed by atoms with E-state index >= 15 is 0 Å². The van der Waals surface area contributed by atoms with E-state index in [2.05, 4.69) is 62.5 Å². The van der Waals surface area contributed by atoms with Crippen molar-refractivity contribution >= 4 is 13.8 Å². The largest absolute Gasteiger partial charge is 0.472 e. The predicted octanol–water partition coefficient (Wildman–Crippen LogP) is 12.8. The Labute approximate surface area is 414 Å². The van der Waals surface area contributed by atoms with Gasteiger partial charge in [0.15, 0.2) is 0 Å². The lowest BCUT2D eigenvalue weighted by Crippen LogP contribution is -2.64. The van der Waals surface area contributed by atoms with E-state index in [-0.39, 0.29) is 13.0 Å². The van der Waals surface area contributed by atoms with Crippen LogP contribution in [0.4, 0.5) is 0 Å². The van der Waals surface area contributed by atoms with Gasteiger partial charge >= 0.3 is 13.8 Å². The SMILES string of the molecule is CCCCCCC/C=C\C/C=C\C/C=C\CCCCCCCCC(=O)OC(COCCCCCCCCCCCC/C=C\CCCCCCCC)COP(=O)(O)OC1C(O)C(O)C(O)C(O)C1O.